The van der Waals surface area contributed by atoms with Crippen molar-refractivity contribution in [2.75, 3.05) is 19.8 Å². The van der Waals surface area contributed by atoms with Gasteiger partial charge in [-0.2, -0.15) is 4.39 Å². The minimum absolute atomic E-state index is 0.0164. The van der Waals surface area contributed by atoms with Crippen molar-refractivity contribution in [2.24, 2.45) is 17.8 Å². The van der Waals surface area contributed by atoms with Crippen LogP contribution in [0.2, 0.25) is 0 Å². The van der Waals surface area contributed by atoms with Crippen molar-refractivity contribution < 1.29 is 23.0 Å². The summed E-state index contributed by atoms with van der Waals surface area (Å²) < 4.78 is 46.7. The van der Waals surface area contributed by atoms with E-state index >= 15 is 0 Å². The second kappa shape index (κ2) is 12.7. The van der Waals surface area contributed by atoms with Gasteiger partial charge in [0.25, 0.3) is 0 Å². The Balaban J connectivity index is 1.19. The highest BCUT2D eigenvalue weighted by Gasteiger charge is 2.36. The topological polar surface area (TPSA) is 27.7 Å². The van der Waals surface area contributed by atoms with Crippen LogP contribution in [0.15, 0.2) is 12.1 Å². The van der Waals surface area contributed by atoms with Gasteiger partial charge in [0.15, 0.2) is 11.6 Å². The first-order chi connectivity index (χ1) is 16.6. The number of benzene rings is 1. The molecule has 5 heteroatoms. The Labute approximate surface area is 204 Å². The molecular weight excluding hydrogens is 434 g/mol. The van der Waals surface area contributed by atoms with Gasteiger partial charge in [0, 0.05) is 11.8 Å². The standard InChI is InChI=1S/C29H44F2O3/c1-3-5-6-7-20-8-10-21(11-9-20)25-16-13-23(19-34-25)26-15-12-22(18-33-26)24-14-17-27(32-4-2)29(31)28(24)30/h14,17,20-23,25-26H,3-13,15-16,18-19H2,1-2H3. The molecule has 1 aromatic carbocycles. The minimum atomic E-state index is -0.886. The summed E-state index contributed by atoms with van der Waals surface area (Å²) in [6, 6.07) is 3.20. The second-order valence-electron chi connectivity index (χ2n) is 10.8. The lowest BCUT2D eigenvalue weighted by atomic mass is 9.75. The van der Waals surface area contributed by atoms with Gasteiger partial charge in [-0.15, -0.1) is 0 Å². The van der Waals surface area contributed by atoms with Gasteiger partial charge in [-0.05, 0) is 68.9 Å². The highest BCUT2D eigenvalue weighted by Crippen LogP contribution is 2.40. The summed E-state index contributed by atoms with van der Waals surface area (Å²) in [5.41, 5.74) is 0.407. The van der Waals surface area contributed by atoms with Crippen LogP contribution in [0.5, 0.6) is 5.75 Å². The molecule has 0 N–H and O–H groups in total. The second-order valence-corrected chi connectivity index (χ2v) is 10.8. The Hall–Kier alpha value is -1.20. The lowest BCUT2D eigenvalue weighted by Crippen LogP contribution is -2.40. The molecule has 3 fully saturated rings. The molecule has 0 aromatic heterocycles. The van der Waals surface area contributed by atoms with Gasteiger partial charge in [-0.3, -0.25) is 0 Å². The van der Waals surface area contributed by atoms with Gasteiger partial charge in [0.05, 0.1) is 32.0 Å². The van der Waals surface area contributed by atoms with Gasteiger partial charge in [-0.1, -0.05) is 51.5 Å². The van der Waals surface area contributed by atoms with Crippen LogP contribution in [0.4, 0.5) is 8.78 Å². The number of unbranched alkanes of at least 4 members (excludes halogenated alkanes) is 2. The molecule has 2 heterocycles. The van der Waals surface area contributed by atoms with Crippen LogP contribution in [-0.4, -0.2) is 32.0 Å². The van der Waals surface area contributed by atoms with E-state index in [1.54, 1.807) is 13.0 Å². The van der Waals surface area contributed by atoms with E-state index in [1.165, 1.54) is 57.4 Å². The molecule has 2 aliphatic heterocycles. The third kappa shape index (κ3) is 6.32. The maximum Gasteiger partial charge on any atom is 0.200 e. The van der Waals surface area contributed by atoms with Crippen LogP contribution in [0.3, 0.4) is 0 Å². The van der Waals surface area contributed by atoms with E-state index in [1.807, 2.05) is 0 Å². The highest BCUT2D eigenvalue weighted by atomic mass is 19.2. The zero-order chi connectivity index (χ0) is 23.9. The zero-order valence-electron chi connectivity index (χ0n) is 21.2. The van der Waals surface area contributed by atoms with Crippen molar-refractivity contribution in [1.82, 2.24) is 0 Å². The molecule has 3 aliphatic rings. The molecule has 1 aromatic rings. The van der Waals surface area contributed by atoms with E-state index in [9.17, 15) is 8.78 Å². The molecule has 34 heavy (non-hydrogen) atoms. The molecule has 4 unspecified atom stereocenters. The average Bonchev–Trinajstić information content (AvgIpc) is 2.88. The first kappa shape index (κ1) is 25.9. The number of hydrogen-bond donors (Lipinski definition) is 0. The number of ether oxygens (including phenoxy) is 3. The molecule has 0 amide bonds. The third-order valence-electron chi connectivity index (χ3n) is 8.63. The van der Waals surface area contributed by atoms with Crippen LogP contribution < -0.4 is 4.74 Å². The van der Waals surface area contributed by atoms with E-state index in [-0.39, 0.29) is 17.8 Å². The van der Waals surface area contributed by atoms with Crippen LogP contribution in [0.1, 0.15) is 102 Å². The molecule has 4 rings (SSSR count). The van der Waals surface area contributed by atoms with E-state index in [4.69, 9.17) is 14.2 Å². The van der Waals surface area contributed by atoms with Crippen molar-refractivity contribution >= 4 is 0 Å². The van der Waals surface area contributed by atoms with E-state index < -0.39 is 11.6 Å². The smallest absolute Gasteiger partial charge is 0.200 e. The molecule has 192 valence electrons. The highest BCUT2D eigenvalue weighted by molar-refractivity contribution is 5.33. The first-order valence-electron chi connectivity index (χ1n) is 13.9. The average molecular weight is 479 g/mol. The van der Waals surface area contributed by atoms with Gasteiger partial charge >= 0.3 is 0 Å². The van der Waals surface area contributed by atoms with Crippen LogP contribution >= 0.6 is 0 Å². The van der Waals surface area contributed by atoms with Crippen molar-refractivity contribution in [1.29, 1.82) is 0 Å². The monoisotopic (exact) mass is 478 g/mol. The van der Waals surface area contributed by atoms with Crippen molar-refractivity contribution in [3.8, 4) is 5.75 Å². The lowest BCUT2D eigenvalue weighted by molar-refractivity contribution is -0.112. The Morgan fingerprint density at radius 1 is 0.794 bits per heavy atom. The Kier molecular flexibility index (Phi) is 9.64. The summed E-state index contributed by atoms with van der Waals surface area (Å²) in [4.78, 5) is 0. The first-order valence-corrected chi connectivity index (χ1v) is 13.9. The summed E-state index contributed by atoms with van der Waals surface area (Å²) in [5, 5.41) is 0. The summed E-state index contributed by atoms with van der Waals surface area (Å²) in [7, 11) is 0. The van der Waals surface area contributed by atoms with Gasteiger partial charge in [0.2, 0.25) is 5.82 Å². The molecule has 1 saturated carbocycles. The fourth-order valence-corrected chi connectivity index (χ4v) is 6.51. The molecule has 3 nitrogen and oxygen atoms in total. The molecule has 0 bridgehead atoms. The largest absolute Gasteiger partial charge is 0.491 e. The van der Waals surface area contributed by atoms with Gasteiger partial charge in [-0.25, -0.2) is 4.39 Å². The maximum absolute atomic E-state index is 14.6. The Morgan fingerprint density at radius 2 is 1.50 bits per heavy atom. The lowest BCUT2D eigenvalue weighted by Gasteiger charge is -2.41. The molecule has 0 spiro atoms. The predicted molar refractivity (Wildman–Crippen MR) is 131 cm³/mol. The van der Waals surface area contributed by atoms with Crippen molar-refractivity contribution in [3.63, 3.8) is 0 Å². The summed E-state index contributed by atoms with van der Waals surface area (Å²) in [6.45, 7) is 5.58. The van der Waals surface area contributed by atoms with Gasteiger partial charge < -0.3 is 14.2 Å². The molecule has 2 saturated heterocycles. The summed E-state index contributed by atoms with van der Waals surface area (Å²) in [5.74, 6) is 0.298. The van der Waals surface area contributed by atoms with E-state index in [2.05, 4.69) is 6.92 Å². The molecule has 4 atom stereocenters. The van der Waals surface area contributed by atoms with E-state index in [0.717, 1.165) is 44.1 Å². The van der Waals surface area contributed by atoms with E-state index in [0.29, 0.717) is 30.8 Å². The fraction of sp³-hybridized carbons (Fsp3) is 0.793. The third-order valence-corrected chi connectivity index (χ3v) is 8.63. The molecule has 0 radical (unpaired) electrons. The molecule has 1 aliphatic carbocycles. The summed E-state index contributed by atoms with van der Waals surface area (Å²) >= 11 is 0. The number of hydrogen-bond acceptors (Lipinski definition) is 3. The van der Waals surface area contributed by atoms with Gasteiger partial charge in [0.1, 0.15) is 0 Å². The fourth-order valence-electron chi connectivity index (χ4n) is 6.51. The quantitative estimate of drug-likeness (QED) is 0.339. The number of rotatable bonds is 9. The SMILES string of the molecule is CCCCCC1CCC(C2CCC(C3CCC(c4ccc(OCC)c(F)c4F)CO3)CO2)CC1. The zero-order valence-corrected chi connectivity index (χ0v) is 21.2. The Bertz CT molecular complexity index is 746. The normalized spacial score (nSPS) is 32.5. The van der Waals surface area contributed by atoms with Crippen LogP contribution in [0, 0.1) is 29.4 Å². The van der Waals surface area contributed by atoms with Crippen LogP contribution in [-0.2, 0) is 9.47 Å². The summed E-state index contributed by atoms with van der Waals surface area (Å²) in [6.07, 6.45) is 15.5. The number of halogens is 2. The maximum atomic E-state index is 14.6. The van der Waals surface area contributed by atoms with Crippen molar-refractivity contribution in [3.05, 3.63) is 29.3 Å². The van der Waals surface area contributed by atoms with Crippen LogP contribution in [0.25, 0.3) is 0 Å². The Morgan fingerprint density at radius 3 is 2.15 bits per heavy atom. The minimum Gasteiger partial charge on any atom is -0.491 e. The van der Waals surface area contributed by atoms with Crippen molar-refractivity contribution in [2.45, 2.75) is 109 Å². The molecular formula is C29H44F2O3. The predicted octanol–water partition coefficient (Wildman–Crippen LogP) is 7.81.